The first-order valence-corrected chi connectivity index (χ1v) is 8.26. The molecule has 1 heterocycles. The van der Waals surface area contributed by atoms with Crippen molar-refractivity contribution < 1.29 is 4.42 Å². The smallest absolute Gasteiger partial charge is 0.277 e. The quantitative estimate of drug-likeness (QED) is 0.608. The molecule has 2 aromatic carbocycles. The van der Waals surface area contributed by atoms with Crippen LogP contribution in [0, 0.1) is 13.8 Å². The number of nitrogens with zero attached hydrogens (tertiary/aromatic N) is 2. The average Bonchev–Trinajstić information content (AvgIpc) is 2.95. The lowest BCUT2D eigenvalue weighted by molar-refractivity contribution is 0.466. The molecule has 0 amide bonds. The van der Waals surface area contributed by atoms with Crippen molar-refractivity contribution in [2.45, 2.75) is 24.8 Å². The molecule has 0 aliphatic carbocycles. The second kappa shape index (κ2) is 6.55. The van der Waals surface area contributed by atoms with E-state index in [0.717, 1.165) is 16.3 Å². The Labute approximate surface area is 138 Å². The molecular formula is C17H15ClN2OS. The molecular weight excluding hydrogens is 316 g/mol. The summed E-state index contributed by atoms with van der Waals surface area (Å²) in [6, 6.07) is 14.0. The van der Waals surface area contributed by atoms with Gasteiger partial charge in [0.1, 0.15) is 0 Å². The summed E-state index contributed by atoms with van der Waals surface area (Å²) in [6.07, 6.45) is 0. The van der Waals surface area contributed by atoms with E-state index in [9.17, 15) is 0 Å². The Morgan fingerprint density at radius 2 is 1.68 bits per heavy atom. The average molecular weight is 331 g/mol. The topological polar surface area (TPSA) is 38.9 Å². The van der Waals surface area contributed by atoms with Crippen LogP contribution in [-0.4, -0.2) is 10.2 Å². The molecule has 0 spiro atoms. The molecule has 0 aliphatic rings. The summed E-state index contributed by atoms with van der Waals surface area (Å²) in [7, 11) is 0. The lowest BCUT2D eigenvalue weighted by atomic mass is 10.1. The number of hydrogen-bond donors (Lipinski definition) is 0. The Balaban J connectivity index is 1.72. The number of benzene rings is 2. The zero-order chi connectivity index (χ0) is 15.5. The summed E-state index contributed by atoms with van der Waals surface area (Å²) in [6.45, 7) is 4.12. The van der Waals surface area contributed by atoms with Crippen LogP contribution in [0.25, 0.3) is 11.5 Å². The molecule has 112 valence electrons. The summed E-state index contributed by atoms with van der Waals surface area (Å²) in [5.74, 6) is 1.33. The van der Waals surface area contributed by atoms with Crippen molar-refractivity contribution in [1.82, 2.24) is 10.2 Å². The molecule has 3 nitrogen and oxygen atoms in total. The van der Waals surface area contributed by atoms with E-state index in [1.807, 2.05) is 36.4 Å². The van der Waals surface area contributed by atoms with E-state index in [1.165, 1.54) is 28.5 Å². The van der Waals surface area contributed by atoms with Gasteiger partial charge in [0, 0.05) is 16.3 Å². The predicted octanol–water partition coefficient (Wildman–Crippen LogP) is 5.30. The zero-order valence-corrected chi connectivity index (χ0v) is 13.9. The number of thioether (sulfide) groups is 1. The first-order valence-electron chi connectivity index (χ1n) is 6.89. The van der Waals surface area contributed by atoms with Gasteiger partial charge in [0.05, 0.1) is 0 Å². The van der Waals surface area contributed by atoms with Crippen molar-refractivity contribution >= 4 is 23.4 Å². The molecule has 0 radical (unpaired) electrons. The maximum atomic E-state index is 5.88. The number of aryl methyl sites for hydroxylation is 2. The van der Waals surface area contributed by atoms with Crippen LogP contribution in [0.15, 0.2) is 52.1 Å². The molecule has 0 unspecified atom stereocenters. The molecule has 0 atom stereocenters. The highest BCUT2D eigenvalue weighted by atomic mass is 35.5. The van der Waals surface area contributed by atoms with Gasteiger partial charge in [-0.2, -0.15) is 0 Å². The molecule has 1 aromatic heterocycles. The second-order valence-corrected chi connectivity index (χ2v) is 6.53. The Morgan fingerprint density at radius 3 is 2.36 bits per heavy atom. The van der Waals surface area contributed by atoms with Crippen LogP contribution in [0.1, 0.15) is 16.7 Å². The molecule has 5 heteroatoms. The van der Waals surface area contributed by atoms with Crippen molar-refractivity contribution in [2.75, 3.05) is 0 Å². The largest absolute Gasteiger partial charge is 0.411 e. The summed E-state index contributed by atoms with van der Waals surface area (Å²) < 4.78 is 5.74. The minimum absolute atomic E-state index is 0.561. The van der Waals surface area contributed by atoms with Crippen LogP contribution < -0.4 is 0 Å². The van der Waals surface area contributed by atoms with Gasteiger partial charge in [-0.3, -0.25) is 0 Å². The zero-order valence-electron chi connectivity index (χ0n) is 12.3. The van der Waals surface area contributed by atoms with Gasteiger partial charge < -0.3 is 4.42 Å². The molecule has 0 aliphatic heterocycles. The third-order valence-corrected chi connectivity index (χ3v) is 4.29. The first-order chi connectivity index (χ1) is 10.6. The van der Waals surface area contributed by atoms with E-state index >= 15 is 0 Å². The summed E-state index contributed by atoms with van der Waals surface area (Å²) in [5, 5.41) is 9.55. The first kappa shape index (κ1) is 15.1. The van der Waals surface area contributed by atoms with Gasteiger partial charge >= 0.3 is 0 Å². The van der Waals surface area contributed by atoms with Crippen LogP contribution in [0.4, 0.5) is 0 Å². The van der Waals surface area contributed by atoms with Gasteiger partial charge in [-0.1, -0.05) is 52.7 Å². The van der Waals surface area contributed by atoms with Crippen molar-refractivity contribution in [3.63, 3.8) is 0 Å². The third-order valence-electron chi connectivity index (χ3n) is 3.15. The van der Waals surface area contributed by atoms with Crippen LogP contribution in [0.5, 0.6) is 0 Å². The Kier molecular flexibility index (Phi) is 4.50. The highest BCUT2D eigenvalue weighted by molar-refractivity contribution is 7.98. The minimum Gasteiger partial charge on any atom is -0.411 e. The Morgan fingerprint density at radius 1 is 1.00 bits per heavy atom. The lowest BCUT2D eigenvalue weighted by Gasteiger charge is -2.00. The number of aromatic nitrogens is 2. The lowest BCUT2D eigenvalue weighted by Crippen LogP contribution is -1.82. The summed E-state index contributed by atoms with van der Waals surface area (Å²) in [5.41, 5.74) is 4.50. The van der Waals surface area contributed by atoms with E-state index in [2.05, 4.69) is 30.1 Å². The van der Waals surface area contributed by atoms with Crippen LogP contribution in [0.2, 0.25) is 5.02 Å². The highest BCUT2D eigenvalue weighted by Crippen LogP contribution is 2.27. The van der Waals surface area contributed by atoms with Gasteiger partial charge in [0.15, 0.2) is 0 Å². The molecule has 3 rings (SSSR count). The molecule has 0 bridgehead atoms. The monoisotopic (exact) mass is 330 g/mol. The van der Waals surface area contributed by atoms with E-state index in [4.69, 9.17) is 16.0 Å². The fraction of sp³-hybridized carbons (Fsp3) is 0.176. The Bertz CT molecular complexity index is 763. The van der Waals surface area contributed by atoms with Crippen molar-refractivity contribution in [2.24, 2.45) is 0 Å². The van der Waals surface area contributed by atoms with Crippen molar-refractivity contribution in [3.8, 4) is 11.5 Å². The molecule has 0 N–H and O–H groups in total. The summed E-state index contributed by atoms with van der Waals surface area (Å²) >= 11 is 7.40. The van der Waals surface area contributed by atoms with E-state index < -0.39 is 0 Å². The van der Waals surface area contributed by atoms with Gasteiger partial charge in [-0.15, -0.1) is 10.2 Å². The number of rotatable bonds is 4. The maximum Gasteiger partial charge on any atom is 0.277 e. The standard InChI is InChI=1S/C17H15ClN2OS/c1-11-7-12(2)9-14(8-11)16-19-20-17(21-16)22-10-13-3-5-15(18)6-4-13/h3-9H,10H2,1-2H3. The second-order valence-electron chi connectivity index (χ2n) is 5.16. The SMILES string of the molecule is Cc1cc(C)cc(-c2nnc(SCc3ccc(Cl)cc3)o2)c1. The maximum absolute atomic E-state index is 5.88. The van der Waals surface area contributed by atoms with Crippen molar-refractivity contribution in [3.05, 3.63) is 64.2 Å². The molecule has 22 heavy (non-hydrogen) atoms. The van der Waals surface area contributed by atoms with Crippen LogP contribution >= 0.6 is 23.4 Å². The van der Waals surface area contributed by atoms with Gasteiger partial charge in [-0.05, 0) is 43.7 Å². The van der Waals surface area contributed by atoms with Gasteiger partial charge in [0.2, 0.25) is 5.89 Å². The van der Waals surface area contributed by atoms with Gasteiger partial charge in [-0.25, -0.2) is 0 Å². The molecule has 3 aromatic rings. The molecule has 0 saturated heterocycles. The number of halogens is 1. The Hall–Kier alpha value is -1.78. The number of hydrogen-bond acceptors (Lipinski definition) is 4. The van der Waals surface area contributed by atoms with Crippen molar-refractivity contribution in [1.29, 1.82) is 0 Å². The van der Waals surface area contributed by atoms with E-state index in [-0.39, 0.29) is 0 Å². The van der Waals surface area contributed by atoms with E-state index in [1.54, 1.807) is 0 Å². The molecule has 0 saturated carbocycles. The van der Waals surface area contributed by atoms with Crippen LogP contribution in [-0.2, 0) is 5.75 Å². The fourth-order valence-electron chi connectivity index (χ4n) is 2.21. The van der Waals surface area contributed by atoms with E-state index in [0.29, 0.717) is 11.1 Å². The third kappa shape index (κ3) is 3.70. The summed E-state index contributed by atoms with van der Waals surface area (Å²) in [4.78, 5) is 0. The highest BCUT2D eigenvalue weighted by Gasteiger charge is 2.10. The minimum atomic E-state index is 0.561. The molecule has 0 fully saturated rings. The predicted molar refractivity (Wildman–Crippen MR) is 90.2 cm³/mol. The van der Waals surface area contributed by atoms with Gasteiger partial charge in [0.25, 0.3) is 5.22 Å². The fourth-order valence-corrected chi connectivity index (χ4v) is 3.05. The van der Waals surface area contributed by atoms with Crippen LogP contribution in [0.3, 0.4) is 0 Å². The normalized spacial score (nSPS) is 10.9.